The lowest BCUT2D eigenvalue weighted by atomic mass is 9.74. The van der Waals surface area contributed by atoms with Crippen LogP contribution in [0.15, 0.2) is 30.5 Å². The number of anilines is 1. The number of piperidine rings is 1. The first-order valence-corrected chi connectivity index (χ1v) is 10.3. The molecule has 3 N–H and O–H groups in total. The third-order valence-corrected chi connectivity index (χ3v) is 6.68. The molecule has 0 bridgehead atoms. The molecule has 1 saturated heterocycles. The predicted octanol–water partition coefficient (Wildman–Crippen LogP) is 4.63. The number of nitrogens with zero attached hydrogens (tertiary/aromatic N) is 4. The van der Waals surface area contributed by atoms with E-state index in [9.17, 15) is 13.2 Å². The van der Waals surface area contributed by atoms with Gasteiger partial charge >= 0.3 is 6.18 Å². The quantitative estimate of drug-likeness (QED) is 0.632. The van der Waals surface area contributed by atoms with Gasteiger partial charge in [-0.1, -0.05) is 12.8 Å². The summed E-state index contributed by atoms with van der Waals surface area (Å²) in [5.41, 5.74) is 6.15. The van der Waals surface area contributed by atoms with Gasteiger partial charge in [0.25, 0.3) is 0 Å². The van der Waals surface area contributed by atoms with Crippen LogP contribution in [0, 0.1) is 5.41 Å². The molecule has 1 aliphatic carbocycles. The summed E-state index contributed by atoms with van der Waals surface area (Å²) in [5.74, 6) is 0.544. The summed E-state index contributed by atoms with van der Waals surface area (Å²) in [5, 5.41) is 7.28. The number of pyridine rings is 2. The van der Waals surface area contributed by atoms with E-state index < -0.39 is 11.7 Å². The first kappa shape index (κ1) is 19.3. The molecule has 9 heteroatoms. The zero-order valence-electron chi connectivity index (χ0n) is 16.4. The standard InChI is InChI=1S/C21H23F3N6.2H2/c22-21(23,24)14-5-6-16(30-11-7-15(25)20(12-30)8-1-2-9-20)27-18(14)17-13-4-3-10-26-19(13)29-28-17;;/h3-6,10,15H,1-2,7-9,11-12,25H2,(H,26,28,29);2*1H. The molecule has 1 aliphatic heterocycles. The van der Waals surface area contributed by atoms with Crippen LogP contribution in [0.3, 0.4) is 0 Å². The molecule has 1 unspecified atom stereocenters. The van der Waals surface area contributed by atoms with Crippen LogP contribution in [0.25, 0.3) is 22.4 Å². The van der Waals surface area contributed by atoms with Gasteiger partial charge in [-0.15, -0.1) is 0 Å². The number of nitrogens with one attached hydrogen (secondary N) is 1. The van der Waals surface area contributed by atoms with E-state index in [-0.39, 0.29) is 25.7 Å². The average molecular weight is 420 g/mol. The molecule has 6 nitrogen and oxygen atoms in total. The summed E-state index contributed by atoms with van der Waals surface area (Å²) in [6.07, 6.45) is 2.27. The van der Waals surface area contributed by atoms with Gasteiger partial charge in [-0.2, -0.15) is 18.3 Å². The number of halogens is 3. The van der Waals surface area contributed by atoms with E-state index >= 15 is 0 Å². The number of rotatable bonds is 2. The van der Waals surface area contributed by atoms with Crippen molar-refractivity contribution >= 4 is 16.9 Å². The van der Waals surface area contributed by atoms with Crippen LogP contribution >= 0.6 is 0 Å². The van der Waals surface area contributed by atoms with Crippen molar-refractivity contribution in [2.45, 2.75) is 44.3 Å². The Morgan fingerprint density at radius 3 is 2.77 bits per heavy atom. The minimum absolute atomic E-state index is 0. The average Bonchev–Trinajstić information content (AvgIpc) is 3.37. The SMILES string of the molecule is NC1CCN(c2ccc(C(F)(F)F)c(-c3[nH]nc4ncccc34)n2)CC12CCCC2.[HH].[HH]. The monoisotopic (exact) mass is 420 g/mol. The first-order chi connectivity index (χ1) is 14.4. The van der Waals surface area contributed by atoms with Gasteiger partial charge in [0.2, 0.25) is 0 Å². The second-order valence-electron chi connectivity index (χ2n) is 8.42. The fraction of sp³-hybridized carbons (Fsp3) is 0.476. The van der Waals surface area contributed by atoms with Gasteiger partial charge in [-0.25, -0.2) is 9.97 Å². The molecular formula is C21H27F3N6. The molecule has 3 aromatic rings. The number of fused-ring (bicyclic) bond motifs is 1. The molecule has 0 amide bonds. The van der Waals surface area contributed by atoms with Crippen molar-refractivity contribution in [3.05, 3.63) is 36.0 Å². The highest BCUT2D eigenvalue weighted by molar-refractivity contribution is 5.90. The smallest absolute Gasteiger partial charge is 0.356 e. The lowest BCUT2D eigenvalue weighted by Gasteiger charge is -2.45. The normalized spacial score (nSPS) is 21.6. The van der Waals surface area contributed by atoms with Crippen molar-refractivity contribution in [2.75, 3.05) is 18.0 Å². The summed E-state index contributed by atoms with van der Waals surface area (Å²) in [6.45, 7) is 1.42. The molecular weight excluding hydrogens is 393 g/mol. The topological polar surface area (TPSA) is 83.7 Å². The highest BCUT2D eigenvalue weighted by atomic mass is 19.4. The summed E-state index contributed by atoms with van der Waals surface area (Å²) in [7, 11) is 0. The zero-order valence-corrected chi connectivity index (χ0v) is 16.4. The van der Waals surface area contributed by atoms with Gasteiger partial charge in [0.15, 0.2) is 5.65 Å². The predicted molar refractivity (Wildman–Crippen MR) is 112 cm³/mol. The maximum absolute atomic E-state index is 13.8. The molecule has 3 aromatic heterocycles. The fourth-order valence-corrected chi connectivity index (χ4v) is 5.06. The Balaban J connectivity index is 0.00000144. The van der Waals surface area contributed by atoms with Crippen molar-refractivity contribution < 1.29 is 16.0 Å². The Labute approximate surface area is 174 Å². The van der Waals surface area contributed by atoms with Gasteiger partial charge in [-0.3, -0.25) is 5.10 Å². The Morgan fingerprint density at radius 1 is 1.20 bits per heavy atom. The lowest BCUT2D eigenvalue weighted by molar-refractivity contribution is -0.137. The molecule has 0 aromatic carbocycles. The molecule has 30 heavy (non-hydrogen) atoms. The van der Waals surface area contributed by atoms with E-state index in [2.05, 4.69) is 25.1 Å². The van der Waals surface area contributed by atoms with E-state index in [0.717, 1.165) is 44.7 Å². The molecule has 5 rings (SSSR count). The third-order valence-electron chi connectivity index (χ3n) is 6.68. The van der Waals surface area contributed by atoms with Crippen molar-refractivity contribution in [2.24, 2.45) is 11.1 Å². The second kappa shape index (κ2) is 6.94. The van der Waals surface area contributed by atoms with Crippen LogP contribution < -0.4 is 10.6 Å². The van der Waals surface area contributed by atoms with Crippen LogP contribution in [0.4, 0.5) is 19.0 Å². The maximum atomic E-state index is 13.8. The Kier molecular flexibility index (Phi) is 4.46. The molecule has 2 aliphatic rings. The van der Waals surface area contributed by atoms with Crippen LogP contribution in [0.1, 0.15) is 40.5 Å². The van der Waals surface area contributed by atoms with Gasteiger partial charge in [-0.05, 0) is 43.5 Å². The van der Waals surface area contributed by atoms with E-state index in [4.69, 9.17) is 5.73 Å². The van der Waals surface area contributed by atoms with Crippen molar-refractivity contribution in [3.63, 3.8) is 0 Å². The summed E-state index contributed by atoms with van der Waals surface area (Å²) >= 11 is 0. The van der Waals surface area contributed by atoms with Gasteiger partial charge < -0.3 is 10.6 Å². The van der Waals surface area contributed by atoms with Gasteiger partial charge in [0, 0.05) is 39.0 Å². The van der Waals surface area contributed by atoms with Crippen LogP contribution in [0.5, 0.6) is 0 Å². The molecule has 2 fully saturated rings. The molecule has 1 atom stereocenters. The van der Waals surface area contributed by atoms with E-state index in [1.165, 1.54) is 6.07 Å². The molecule has 4 heterocycles. The van der Waals surface area contributed by atoms with E-state index in [0.29, 0.717) is 23.4 Å². The van der Waals surface area contributed by atoms with Crippen molar-refractivity contribution in [1.29, 1.82) is 0 Å². The lowest BCUT2D eigenvalue weighted by Crippen LogP contribution is -2.54. The molecule has 1 spiro atoms. The zero-order chi connectivity index (χ0) is 20.9. The number of aromatic amines is 1. The number of nitrogens with two attached hydrogens (primary N) is 1. The Morgan fingerprint density at radius 2 is 2.00 bits per heavy atom. The fourth-order valence-electron chi connectivity index (χ4n) is 5.06. The van der Waals surface area contributed by atoms with E-state index in [1.807, 2.05) is 0 Å². The van der Waals surface area contributed by atoms with Crippen molar-refractivity contribution in [1.82, 2.24) is 20.2 Å². The molecule has 162 valence electrons. The largest absolute Gasteiger partial charge is 0.418 e. The summed E-state index contributed by atoms with van der Waals surface area (Å²) in [6, 6.07) is 6.10. The number of hydrogen-bond donors (Lipinski definition) is 2. The number of aromatic nitrogens is 4. The van der Waals surface area contributed by atoms with Crippen LogP contribution in [-0.4, -0.2) is 39.3 Å². The highest BCUT2D eigenvalue weighted by Gasteiger charge is 2.44. The number of alkyl halides is 3. The summed E-state index contributed by atoms with van der Waals surface area (Å²) in [4.78, 5) is 10.7. The van der Waals surface area contributed by atoms with Crippen LogP contribution in [0.2, 0.25) is 0 Å². The Hall–Kier alpha value is -2.68. The van der Waals surface area contributed by atoms with E-state index in [1.54, 1.807) is 18.3 Å². The molecule has 1 saturated carbocycles. The minimum atomic E-state index is -4.53. The van der Waals surface area contributed by atoms with Crippen LogP contribution in [-0.2, 0) is 6.18 Å². The van der Waals surface area contributed by atoms with Gasteiger partial charge in [0.05, 0.1) is 11.3 Å². The number of H-pyrrole nitrogens is 1. The second-order valence-corrected chi connectivity index (χ2v) is 8.42. The Bertz CT molecular complexity index is 1080. The third kappa shape index (κ3) is 3.12. The summed E-state index contributed by atoms with van der Waals surface area (Å²) < 4.78 is 41.4. The first-order valence-electron chi connectivity index (χ1n) is 10.3. The number of hydrogen-bond acceptors (Lipinski definition) is 5. The van der Waals surface area contributed by atoms with Crippen molar-refractivity contribution in [3.8, 4) is 11.4 Å². The maximum Gasteiger partial charge on any atom is 0.418 e. The minimum Gasteiger partial charge on any atom is -0.356 e. The van der Waals surface area contributed by atoms with Gasteiger partial charge in [0.1, 0.15) is 11.5 Å². The highest BCUT2D eigenvalue weighted by Crippen LogP contribution is 2.45. The molecule has 0 radical (unpaired) electrons.